The Morgan fingerprint density at radius 1 is 1.12 bits per heavy atom. The molecule has 0 saturated carbocycles. The fraction of sp³-hybridized carbons (Fsp3) is 0.200. The molecule has 3 aromatic rings. The molecule has 2 aromatic carbocycles. The van der Waals surface area contributed by atoms with E-state index in [1.54, 1.807) is 19.1 Å². The SMILES string of the molecule is CCOC(=O)c1c(C)n(-c2ccccc2)c2ccc(OC(=O)CCl)cc12. The normalized spacial score (nSPS) is 10.7. The first kappa shape index (κ1) is 18.0. The zero-order chi connectivity index (χ0) is 18.7. The van der Waals surface area contributed by atoms with Gasteiger partial charge in [0.2, 0.25) is 0 Å². The molecule has 0 spiro atoms. The second-order valence-corrected chi connectivity index (χ2v) is 5.91. The van der Waals surface area contributed by atoms with E-state index in [9.17, 15) is 9.59 Å². The van der Waals surface area contributed by atoms with Gasteiger partial charge in [-0.05, 0) is 44.2 Å². The van der Waals surface area contributed by atoms with Crippen LogP contribution in [0.4, 0.5) is 0 Å². The zero-order valence-electron chi connectivity index (χ0n) is 14.5. The summed E-state index contributed by atoms with van der Waals surface area (Å²) in [5, 5.41) is 0.657. The van der Waals surface area contributed by atoms with E-state index < -0.39 is 11.9 Å². The van der Waals surface area contributed by atoms with Crippen LogP contribution in [0.1, 0.15) is 23.0 Å². The van der Waals surface area contributed by atoms with E-state index in [1.807, 2.05) is 47.9 Å². The maximum absolute atomic E-state index is 12.5. The first-order chi connectivity index (χ1) is 12.6. The standard InChI is InChI=1S/C20H18ClNO4/c1-3-25-20(24)19-13(2)22(14-7-5-4-6-8-14)17-10-9-15(11-16(17)19)26-18(23)12-21/h4-11H,3,12H2,1-2H3. The highest BCUT2D eigenvalue weighted by Gasteiger charge is 2.22. The number of nitrogens with zero attached hydrogens (tertiary/aromatic N) is 1. The van der Waals surface area contributed by atoms with E-state index in [0.29, 0.717) is 16.7 Å². The molecule has 0 aliphatic carbocycles. The van der Waals surface area contributed by atoms with Gasteiger partial charge in [0.1, 0.15) is 11.6 Å². The predicted octanol–water partition coefficient (Wildman–Crippen LogP) is 4.26. The second kappa shape index (κ2) is 7.62. The summed E-state index contributed by atoms with van der Waals surface area (Å²) in [7, 11) is 0. The van der Waals surface area contributed by atoms with Crippen LogP contribution < -0.4 is 4.74 Å². The van der Waals surface area contributed by atoms with Crippen molar-refractivity contribution < 1.29 is 19.1 Å². The third-order valence-electron chi connectivity index (χ3n) is 4.01. The van der Waals surface area contributed by atoms with Crippen LogP contribution in [0.5, 0.6) is 5.75 Å². The minimum Gasteiger partial charge on any atom is -0.462 e. The summed E-state index contributed by atoms with van der Waals surface area (Å²) in [5.74, 6) is -0.875. The molecule has 0 amide bonds. The summed E-state index contributed by atoms with van der Waals surface area (Å²) in [4.78, 5) is 24.0. The number of aromatic nitrogens is 1. The van der Waals surface area contributed by atoms with Crippen LogP contribution in [0.3, 0.4) is 0 Å². The fourth-order valence-corrected chi connectivity index (χ4v) is 3.05. The predicted molar refractivity (Wildman–Crippen MR) is 100 cm³/mol. The van der Waals surface area contributed by atoms with E-state index in [1.165, 1.54) is 0 Å². The van der Waals surface area contributed by atoms with Gasteiger partial charge in [0, 0.05) is 16.8 Å². The Bertz CT molecular complexity index is 963. The van der Waals surface area contributed by atoms with Gasteiger partial charge in [-0.1, -0.05) is 18.2 Å². The topological polar surface area (TPSA) is 57.5 Å². The highest BCUT2D eigenvalue weighted by atomic mass is 35.5. The number of hydrogen-bond acceptors (Lipinski definition) is 4. The van der Waals surface area contributed by atoms with Gasteiger partial charge < -0.3 is 14.0 Å². The molecule has 134 valence electrons. The summed E-state index contributed by atoms with van der Waals surface area (Å²) in [6.45, 7) is 3.90. The Morgan fingerprint density at radius 3 is 2.50 bits per heavy atom. The van der Waals surface area contributed by atoms with Crippen LogP contribution >= 0.6 is 11.6 Å². The van der Waals surface area contributed by atoms with Gasteiger partial charge >= 0.3 is 11.9 Å². The summed E-state index contributed by atoms with van der Waals surface area (Å²) in [6, 6.07) is 14.9. The van der Waals surface area contributed by atoms with Gasteiger partial charge in [-0.15, -0.1) is 11.6 Å². The summed E-state index contributed by atoms with van der Waals surface area (Å²) < 4.78 is 12.4. The van der Waals surface area contributed by atoms with Crippen molar-refractivity contribution in [2.75, 3.05) is 12.5 Å². The molecule has 26 heavy (non-hydrogen) atoms. The Labute approximate surface area is 156 Å². The lowest BCUT2D eigenvalue weighted by Gasteiger charge is -2.08. The van der Waals surface area contributed by atoms with Crippen LogP contribution in [0, 0.1) is 6.92 Å². The average Bonchev–Trinajstić information content (AvgIpc) is 2.93. The van der Waals surface area contributed by atoms with Crippen LogP contribution in [0.15, 0.2) is 48.5 Å². The molecule has 0 aliphatic rings. The van der Waals surface area contributed by atoms with Crippen LogP contribution in [-0.2, 0) is 9.53 Å². The highest BCUT2D eigenvalue weighted by molar-refractivity contribution is 6.26. The van der Waals surface area contributed by atoms with E-state index in [0.717, 1.165) is 16.9 Å². The molecule has 0 saturated heterocycles. The Morgan fingerprint density at radius 2 is 1.85 bits per heavy atom. The van der Waals surface area contributed by atoms with Crippen molar-refractivity contribution in [2.45, 2.75) is 13.8 Å². The number of carbonyl (C=O) groups is 2. The Kier molecular flexibility index (Phi) is 5.28. The zero-order valence-corrected chi connectivity index (χ0v) is 15.2. The number of para-hydroxylation sites is 1. The van der Waals surface area contributed by atoms with Gasteiger partial charge in [-0.25, -0.2) is 4.79 Å². The Balaban J connectivity index is 2.24. The van der Waals surface area contributed by atoms with E-state index in [2.05, 4.69) is 0 Å². The Hall–Kier alpha value is -2.79. The van der Waals surface area contributed by atoms with Crippen molar-refractivity contribution in [2.24, 2.45) is 0 Å². The molecule has 6 heteroatoms. The van der Waals surface area contributed by atoms with E-state index >= 15 is 0 Å². The quantitative estimate of drug-likeness (QED) is 0.382. The number of benzene rings is 2. The smallest absolute Gasteiger partial charge is 0.340 e. The third kappa shape index (κ3) is 3.30. The van der Waals surface area contributed by atoms with Crippen LogP contribution in [-0.4, -0.2) is 29.0 Å². The first-order valence-electron chi connectivity index (χ1n) is 8.21. The van der Waals surface area contributed by atoms with E-state index in [-0.39, 0.29) is 12.5 Å². The minimum absolute atomic E-state index is 0.243. The first-order valence-corrected chi connectivity index (χ1v) is 8.74. The summed E-state index contributed by atoms with van der Waals surface area (Å²) in [5.41, 5.74) is 2.96. The highest BCUT2D eigenvalue weighted by Crippen LogP contribution is 2.32. The lowest BCUT2D eigenvalue weighted by atomic mass is 10.1. The average molecular weight is 372 g/mol. The van der Waals surface area contributed by atoms with Crippen molar-refractivity contribution in [1.82, 2.24) is 4.57 Å². The molecule has 0 N–H and O–H groups in total. The molecular formula is C20H18ClNO4. The summed E-state index contributed by atoms with van der Waals surface area (Å²) in [6.07, 6.45) is 0. The van der Waals surface area contributed by atoms with Crippen molar-refractivity contribution in [3.05, 3.63) is 59.8 Å². The lowest BCUT2D eigenvalue weighted by Crippen LogP contribution is -2.09. The minimum atomic E-state index is -0.553. The summed E-state index contributed by atoms with van der Waals surface area (Å²) >= 11 is 5.50. The second-order valence-electron chi connectivity index (χ2n) is 5.64. The monoisotopic (exact) mass is 371 g/mol. The van der Waals surface area contributed by atoms with Crippen molar-refractivity contribution in [3.63, 3.8) is 0 Å². The molecule has 0 atom stereocenters. The maximum atomic E-state index is 12.5. The molecule has 0 aliphatic heterocycles. The number of esters is 2. The molecule has 0 unspecified atom stereocenters. The molecular weight excluding hydrogens is 354 g/mol. The van der Waals surface area contributed by atoms with Crippen molar-refractivity contribution >= 4 is 34.4 Å². The van der Waals surface area contributed by atoms with Gasteiger partial charge in [0.15, 0.2) is 0 Å². The molecule has 1 aromatic heterocycles. The van der Waals surface area contributed by atoms with Gasteiger partial charge in [-0.2, -0.15) is 0 Å². The number of hydrogen-bond donors (Lipinski definition) is 0. The maximum Gasteiger partial charge on any atom is 0.340 e. The number of fused-ring (bicyclic) bond motifs is 1. The molecule has 1 heterocycles. The van der Waals surface area contributed by atoms with Crippen molar-refractivity contribution in [3.8, 4) is 11.4 Å². The number of ether oxygens (including phenoxy) is 2. The lowest BCUT2D eigenvalue weighted by molar-refractivity contribution is -0.131. The molecule has 0 fully saturated rings. The molecule has 3 rings (SSSR count). The number of halogens is 1. The molecule has 0 radical (unpaired) electrons. The number of rotatable bonds is 5. The number of carbonyl (C=O) groups excluding carboxylic acids is 2. The van der Waals surface area contributed by atoms with E-state index in [4.69, 9.17) is 21.1 Å². The van der Waals surface area contributed by atoms with Gasteiger partial charge in [-0.3, -0.25) is 4.79 Å². The van der Waals surface area contributed by atoms with Crippen LogP contribution in [0.25, 0.3) is 16.6 Å². The fourth-order valence-electron chi connectivity index (χ4n) is 2.99. The van der Waals surface area contributed by atoms with Crippen LogP contribution in [0.2, 0.25) is 0 Å². The number of alkyl halides is 1. The third-order valence-corrected chi connectivity index (χ3v) is 4.23. The molecule has 5 nitrogen and oxygen atoms in total. The largest absolute Gasteiger partial charge is 0.462 e. The van der Waals surface area contributed by atoms with Gasteiger partial charge in [0.05, 0.1) is 17.7 Å². The van der Waals surface area contributed by atoms with Gasteiger partial charge in [0.25, 0.3) is 0 Å². The molecule has 0 bridgehead atoms. The van der Waals surface area contributed by atoms with Crippen molar-refractivity contribution in [1.29, 1.82) is 0 Å².